The van der Waals surface area contributed by atoms with E-state index in [1.54, 1.807) is 28.4 Å². The first-order chi connectivity index (χ1) is 21.5. The zero-order valence-electron chi connectivity index (χ0n) is 28.0. The van der Waals surface area contributed by atoms with Crippen LogP contribution in [0.25, 0.3) is 0 Å². The fraction of sp³-hybridized carbons (Fsp3) is 0.559. The van der Waals surface area contributed by atoms with Crippen LogP contribution in [0.5, 0.6) is 23.0 Å². The van der Waals surface area contributed by atoms with E-state index in [1.165, 1.54) is 0 Å². The van der Waals surface area contributed by atoms with E-state index in [4.69, 9.17) is 23.7 Å². The van der Waals surface area contributed by atoms with Gasteiger partial charge in [0.25, 0.3) is 0 Å². The predicted octanol–water partition coefficient (Wildman–Crippen LogP) is 4.93. The number of aryl methyl sites for hydroxylation is 2. The quantitative estimate of drug-likeness (QED) is 0.210. The molecule has 0 atom stereocenters. The second kappa shape index (κ2) is 19.3. The Morgan fingerprint density at radius 3 is 1.71 bits per heavy atom. The van der Waals surface area contributed by atoms with Crippen LogP contribution in [0.2, 0.25) is 0 Å². The minimum Gasteiger partial charge on any atom is -0.493 e. The summed E-state index contributed by atoms with van der Waals surface area (Å²) in [5.74, 6) is 2.52. The minimum absolute atomic E-state index is 0.0321. The summed E-state index contributed by atoms with van der Waals surface area (Å²) >= 11 is 0. The van der Waals surface area contributed by atoms with Crippen LogP contribution in [-0.2, 0) is 27.2 Å². The molecule has 45 heavy (non-hydrogen) atoms. The SMILES string of the molecule is COc1ccc(CCC(=O)NCCCN(CCCCNC(=O)OC(C)(C)C)C(=O)CCc2ccc(OC)c(OC)c2)cc1OC. The fourth-order valence-corrected chi connectivity index (χ4v) is 4.62. The largest absolute Gasteiger partial charge is 0.493 e. The molecule has 0 bridgehead atoms. The molecule has 2 rings (SSSR count). The number of hydrogen-bond donors (Lipinski definition) is 2. The molecule has 0 fully saturated rings. The van der Waals surface area contributed by atoms with Crippen LogP contribution in [-0.4, -0.2) is 83.0 Å². The van der Waals surface area contributed by atoms with Crippen molar-refractivity contribution in [3.8, 4) is 23.0 Å². The molecule has 0 aliphatic rings. The van der Waals surface area contributed by atoms with Crippen molar-refractivity contribution in [2.24, 2.45) is 0 Å². The summed E-state index contributed by atoms with van der Waals surface area (Å²) in [5, 5.41) is 5.73. The van der Waals surface area contributed by atoms with Gasteiger partial charge in [-0.05, 0) is 88.3 Å². The molecule has 0 aliphatic carbocycles. The van der Waals surface area contributed by atoms with Crippen LogP contribution >= 0.6 is 0 Å². The van der Waals surface area contributed by atoms with Gasteiger partial charge in [-0.3, -0.25) is 9.59 Å². The Hall–Kier alpha value is -4.15. The van der Waals surface area contributed by atoms with E-state index in [-0.39, 0.29) is 11.8 Å². The zero-order valence-corrected chi connectivity index (χ0v) is 28.0. The molecule has 0 heterocycles. The van der Waals surface area contributed by atoms with Crippen LogP contribution in [0.1, 0.15) is 64.0 Å². The number of unbranched alkanes of at least 4 members (excludes halogenated alkanes) is 1. The van der Waals surface area contributed by atoms with Gasteiger partial charge in [-0.15, -0.1) is 0 Å². The van der Waals surface area contributed by atoms with Gasteiger partial charge in [0.05, 0.1) is 28.4 Å². The molecule has 0 aliphatic heterocycles. The molecule has 2 N–H and O–H groups in total. The Balaban J connectivity index is 1.86. The topological polar surface area (TPSA) is 125 Å². The Labute approximate surface area is 267 Å². The van der Waals surface area contributed by atoms with Gasteiger partial charge in [-0.2, -0.15) is 0 Å². The maximum Gasteiger partial charge on any atom is 0.407 e. The number of carbonyl (C=O) groups is 3. The average Bonchev–Trinajstić information content (AvgIpc) is 3.02. The Morgan fingerprint density at radius 2 is 1.18 bits per heavy atom. The lowest BCUT2D eigenvalue weighted by molar-refractivity contribution is -0.131. The summed E-state index contributed by atoms with van der Waals surface area (Å²) in [4.78, 5) is 39.5. The summed E-state index contributed by atoms with van der Waals surface area (Å²) in [6.45, 7) is 7.44. The minimum atomic E-state index is -0.556. The van der Waals surface area contributed by atoms with Crippen LogP contribution in [0.4, 0.5) is 4.79 Å². The van der Waals surface area contributed by atoms with Gasteiger partial charge in [0, 0.05) is 39.0 Å². The number of nitrogens with one attached hydrogen (secondary N) is 2. The number of carbonyl (C=O) groups excluding carboxylic acids is 3. The number of methoxy groups -OCH3 is 4. The third-order valence-corrected chi connectivity index (χ3v) is 6.97. The number of alkyl carbamates (subject to hydrolysis) is 1. The van der Waals surface area contributed by atoms with Crippen LogP contribution in [0.15, 0.2) is 36.4 Å². The molecule has 0 unspecified atom stereocenters. The van der Waals surface area contributed by atoms with E-state index in [0.717, 1.165) is 17.5 Å². The van der Waals surface area contributed by atoms with E-state index >= 15 is 0 Å². The van der Waals surface area contributed by atoms with Crippen molar-refractivity contribution in [1.29, 1.82) is 0 Å². The smallest absolute Gasteiger partial charge is 0.407 e. The molecule has 2 aromatic carbocycles. The highest BCUT2D eigenvalue weighted by Gasteiger charge is 2.17. The van der Waals surface area contributed by atoms with Crippen molar-refractivity contribution in [1.82, 2.24) is 15.5 Å². The summed E-state index contributed by atoms with van der Waals surface area (Å²) in [6.07, 6.45) is 3.40. The molecule has 0 saturated heterocycles. The highest BCUT2D eigenvalue weighted by molar-refractivity contribution is 5.77. The molecule has 11 nitrogen and oxygen atoms in total. The van der Waals surface area contributed by atoms with Gasteiger partial charge in [-0.1, -0.05) is 12.1 Å². The average molecular weight is 630 g/mol. The molecule has 2 aromatic rings. The van der Waals surface area contributed by atoms with Crippen molar-refractivity contribution in [3.63, 3.8) is 0 Å². The van der Waals surface area contributed by atoms with E-state index < -0.39 is 11.7 Å². The summed E-state index contributed by atoms with van der Waals surface area (Å²) in [5.41, 5.74) is 1.40. The van der Waals surface area contributed by atoms with Gasteiger partial charge < -0.3 is 39.2 Å². The lowest BCUT2D eigenvalue weighted by Crippen LogP contribution is -2.36. The van der Waals surface area contributed by atoms with Crippen LogP contribution in [0.3, 0.4) is 0 Å². The second-order valence-corrected chi connectivity index (χ2v) is 11.6. The number of benzene rings is 2. The summed E-state index contributed by atoms with van der Waals surface area (Å²) < 4.78 is 26.6. The van der Waals surface area contributed by atoms with Crippen molar-refractivity contribution < 1.29 is 38.1 Å². The molecule has 0 aromatic heterocycles. The van der Waals surface area contributed by atoms with E-state index in [2.05, 4.69) is 10.6 Å². The maximum absolute atomic E-state index is 13.3. The van der Waals surface area contributed by atoms with Crippen LogP contribution < -0.4 is 29.6 Å². The standard InChI is InChI=1S/C34H51N3O8/c1-34(2,3)45-33(40)36-19-8-9-21-37(32(39)18-14-26-12-16-28(42-5)30(24-26)44-7)22-10-20-35-31(38)17-13-25-11-15-27(41-4)29(23-25)43-6/h11-12,15-16,23-24H,8-10,13-14,17-22H2,1-7H3,(H,35,38)(H,36,40). The Morgan fingerprint density at radius 1 is 0.667 bits per heavy atom. The number of ether oxygens (including phenoxy) is 5. The third-order valence-electron chi connectivity index (χ3n) is 6.97. The number of rotatable bonds is 19. The fourth-order valence-electron chi connectivity index (χ4n) is 4.62. The molecular weight excluding hydrogens is 578 g/mol. The highest BCUT2D eigenvalue weighted by Crippen LogP contribution is 2.29. The molecule has 0 spiro atoms. The van der Waals surface area contributed by atoms with Crippen molar-refractivity contribution in [2.45, 2.75) is 71.3 Å². The summed E-state index contributed by atoms with van der Waals surface area (Å²) in [7, 11) is 6.34. The first-order valence-corrected chi connectivity index (χ1v) is 15.4. The highest BCUT2D eigenvalue weighted by atomic mass is 16.6. The van der Waals surface area contributed by atoms with E-state index in [1.807, 2.05) is 62.1 Å². The van der Waals surface area contributed by atoms with Crippen molar-refractivity contribution in [3.05, 3.63) is 47.5 Å². The van der Waals surface area contributed by atoms with Gasteiger partial charge >= 0.3 is 6.09 Å². The molecule has 0 saturated carbocycles. The van der Waals surface area contributed by atoms with Gasteiger partial charge in [0.15, 0.2) is 23.0 Å². The molecular formula is C34H51N3O8. The molecule has 3 amide bonds. The predicted molar refractivity (Wildman–Crippen MR) is 173 cm³/mol. The molecule has 250 valence electrons. The summed E-state index contributed by atoms with van der Waals surface area (Å²) in [6, 6.07) is 11.3. The maximum atomic E-state index is 13.3. The van der Waals surface area contributed by atoms with Gasteiger partial charge in [0.2, 0.25) is 11.8 Å². The first kappa shape index (κ1) is 37.0. The number of nitrogens with zero attached hydrogens (tertiary/aromatic N) is 1. The lowest BCUT2D eigenvalue weighted by Gasteiger charge is -2.23. The van der Waals surface area contributed by atoms with Crippen LogP contribution in [0, 0.1) is 0 Å². The monoisotopic (exact) mass is 629 g/mol. The van der Waals surface area contributed by atoms with Gasteiger partial charge in [-0.25, -0.2) is 4.79 Å². The Kier molecular flexibility index (Phi) is 15.9. The Bertz CT molecular complexity index is 1230. The second-order valence-electron chi connectivity index (χ2n) is 11.6. The third kappa shape index (κ3) is 14.0. The lowest BCUT2D eigenvalue weighted by atomic mass is 10.1. The molecule has 11 heteroatoms. The van der Waals surface area contributed by atoms with Gasteiger partial charge in [0.1, 0.15) is 5.60 Å². The zero-order chi connectivity index (χ0) is 33.2. The normalized spacial score (nSPS) is 10.9. The number of hydrogen-bond acceptors (Lipinski definition) is 8. The van der Waals surface area contributed by atoms with E-state index in [0.29, 0.717) is 87.7 Å². The van der Waals surface area contributed by atoms with Crippen molar-refractivity contribution >= 4 is 17.9 Å². The molecule has 0 radical (unpaired) electrons. The van der Waals surface area contributed by atoms with E-state index in [9.17, 15) is 14.4 Å². The first-order valence-electron chi connectivity index (χ1n) is 15.4. The number of amides is 3. The van der Waals surface area contributed by atoms with Crippen molar-refractivity contribution in [2.75, 3.05) is 54.6 Å².